The predicted molar refractivity (Wildman–Crippen MR) is 79.3 cm³/mol. The Bertz CT molecular complexity index is 586. The third kappa shape index (κ3) is 2.61. The van der Waals surface area contributed by atoms with Crippen LogP contribution in [0.4, 0.5) is 0 Å². The Morgan fingerprint density at radius 3 is 2.58 bits per heavy atom. The van der Waals surface area contributed by atoms with E-state index in [0.29, 0.717) is 6.54 Å². The third-order valence-electron chi connectivity index (χ3n) is 3.35. The summed E-state index contributed by atoms with van der Waals surface area (Å²) in [6.45, 7) is 1.51. The highest BCUT2D eigenvalue weighted by atomic mass is 32.1. The van der Waals surface area contributed by atoms with Gasteiger partial charge in [0.15, 0.2) is 0 Å². The van der Waals surface area contributed by atoms with Crippen molar-refractivity contribution in [1.29, 1.82) is 0 Å². The lowest BCUT2D eigenvalue weighted by atomic mass is 10.1. The standard InChI is InChI=1S/C16H15NOS/c18-16(14-5-2-1-3-6-14)17-10-8-13(9-11-17)15-7-4-12-19-15/h1-8,12H,9-11H2. The average Bonchev–Trinajstić information content (AvgIpc) is 3.02. The van der Waals surface area contributed by atoms with Crippen molar-refractivity contribution in [2.24, 2.45) is 0 Å². The maximum absolute atomic E-state index is 12.3. The summed E-state index contributed by atoms with van der Waals surface area (Å²) in [5.41, 5.74) is 2.14. The van der Waals surface area contributed by atoms with Gasteiger partial charge in [-0.2, -0.15) is 0 Å². The second-order valence-corrected chi connectivity index (χ2v) is 5.52. The molecule has 2 heterocycles. The summed E-state index contributed by atoms with van der Waals surface area (Å²) < 4.78 is 0. The Labute approximate surface area is 117 Å². The molecule has 19 heavy (non-hydrogen) atoms. The van der Waals surface area contributed by atoms with Gasteiger partial charge in [-0.15, -0.1) is 11.3 Å². The Kier molecular flexibility index (Phi) is 3.47. The smallest absolute Gasteiger partial charge is 0.254 e. The van der Waals surface area contributed by atoms with Gasteiger partial charge >= 0.3 is 0 Å². The van der Waals surface area contributed by atoms with E-state index in [1.54, 1.807) is 11.3 Å². The van der Waals surface area contributed by atoms with Gasteiger partial charge in [-0.3, -0.25) is 4.79 Å². The van der Waals surface area contributed by atoms with Crippen LogP contribution >= 0.6 is 11.3 Å². The van der Waals surface area contributed by atoms with E-state index in [4.69, 9.17) is 0 Å². The maximum Gasteiger partial charge on any atom is 0.254 e. The molecule has 0 N–H and O–H groups in total. The van der Waals surface area contributed by atoms with E-state index in [1.165, 1.54) is 10.5 Å². The van der Waals surface area contributed by atoms with Gasteiger partial charge in [-0.25, -0.2) is 0 Å². The van der Waals surface area contributed by atoms with Gasteiger partial charge in [0.25, 0.3) is 5.91 Å². The summed E-state index contributed by atoms with van der Waals surface area (Å²) in [7, 11) is 0. The highest BCUT2D eigenvalue weighted by Crippen LogP contribution is 2.26. The van der Waals surface area contributed by atoms with Crippen molar-refractivity contribution >= 4 is 22.8 Å². The van der Waals surface area contributed by atoms with Crippen LogP contribution in [0.15, 0.2) is 53.9 Å². The average molecular weight is 269 g/mol. The Morgan fingerprint density at radius 1 is 1.11 bits per heavy atom. The first-order valence-electron chi connectivity index (χ1n) is 6.42. The molecule has 0 saturated heterocycles. The minimum atomic E-state index is 0.127. The molecule has 1 aliphatic rings. The van der Waals surface area contributed by atoms with Crippen molar-refractivity contribution in [2.75, 3.05) is 13.1 Å². The molecule has 0 spiro atoms. The first kappa shape index (κ1) is 12.2. The van der Waals surface area contributed by atoms with E-state index < -0.39 is 0 Å². The minimum absolute atomic E-state index is 0.127. The van der Waals surface area contributed by atoms with E-state index in [2.05, 4.69) is 23.6 Å². The Hall–Kier alpha value is -1.87. The number of hydrogen-bond acceptors (Lipinski definition) is 2. The molecule has 1 aliphatic heterocycles. The van der Waals surface area contributed by atoms with Gasteiger partial charge in [0, 0.05) is 23.5 Å². The van der Waals surface area contributed by atoms with E-state index in [1.807, 2.05) is 35.2 Å². The highest BCUT2D eigenvalue weighted by Gasteiger charge is 2.19. The van der Waals surface area contributed by atoms with Crippen molar-refractivity contribution in [3.05, 3.63) is 64.4 Å². The van der Waals surface area contributed by atoms with E-state index >= 15 is 0 Å². The zero-order chi connectivity index (χ0) is 13.1. The lowest BCUT2D eigenvalue weighted by molar-refractivity contribution is 0.0773. The van der Waals surface area contributed by atoms with E-state index in [0.717, 1.165) is 18.5 Å². The van der Waals surface area contributed by atoms with Crippen LogP contribution in [0.3, 0.4) is 0 Å². The summed E-state index contributed by atoms with van der Waals surface area (Å²) in [5.74, 6) is 0.127. The third-order valence-corrected chi connectivity index (χ3v) is 4.30. The largest absolute Gasteiger partial charge is 0.335 e. The SMILES string of the molecule is O=C(c1ccccc1)N1CC=C(c2cccs2)CC1. The monoisotopic (exact) mass is 269 g/mol. The molecule has 1 amide bonds. The first-order valence-corrected chi connectivity index (χ1v) is 7.30. The Morgan fingerprint density at radius 2 is 1.95 bits per heavy atom. The van der Waals surface area contributed by atoms with Crippen LogP contribution in [0.1, 0.15) is 21.7 Å². The summed E-state index contributed by atoms with van der Waals surface area (Å²) in [5, 5.41) is 2.09. The van der Waals surface area contributed by atoms with Gasteiger partial charge in [0.05, 0.1) is 0 Å². The topological polar surface area (TPSA) is 20.3 Å². The van der Waals surface area contributed by atoms with Gasteiger partial charge in [-0.1, -0.05) is 30.3 Å². The molecule has 0 bridgehead atoms. The normalized spacial score (nSPS) is 15.2. The van der Waals surface area contributed by atoms with Gasteiger partial charge in [0.2, 0.25) is 0 Å². The van der Waals surface area contributed by atoms with Gasteiger partial charge in [-0.05, 0) is 35.6 Å². The highest BCUT2D eigenvalue weighted by molar-refractivity contribution is 7.11. The van der Waals surface area contributed by atoms with Gasteiger partial charge in [0.1, 0.15) is 0 Å². The quantitative estimate of drug-likeness (QED) is 0.814. The second-order valence-electron chi connectivity index (χ2n) is 4.57. The molecule has 2 nitrogen and oxygen atoms in total. The van der Waals surface area contributed by atoms with Crippen LogP contribution < -0.4 is 0 Å². The summed E-state index contributed by atoms with van der Waals surface area (Å²) in [4.78, 5) is 15.5. The number of benzene rings is 1. The molecule has 1 aromatic heterocycles. The second kappa shape index (κ2) is 5.41. The number of nitrogens with zero attached hydrogens (tertiary/aromatic N) is 1. The molecule has 0 atom stereocenters. The summed E-state index contributed by atoms with van der Waals surface area (Å²) >= 11 is 1.76. The number of carbonyl (C=O) groups is 1. The first-order chi connectivity index (χ1) is 9.34. The van der Waals surface area contributed by atoms with Crippen LogP contribution in [0, 0.1) is 0 Å². The van der Waals surface area contributed by atoms with Crippen LogP contribution in [-0.4, -0.2) is 23.9 Å². The molecule has 2 aromatic rings. The molecule has 0 saturated carbocycles. The van der Waals surface area contributed by atoms with Crippen LogP contribution in [0.25, 0.3) is 5.57 Å². The molecule has 0 aliphatic carbocycles. The molecule has 96 valence electrons. The van der Waals surface area contributed by atoms with Crippen molar-refractivity contribution in [3.63, 3.8) is 0 Å². The van der Waals surface area contributed by atoms with Crippen molar-refractivity contribution < 1.29 is 4.79 Å². The number of rotatable bonds is 2. The van der Waals surface area contributed by atoms with Crippen LogP contribution in [-0.2, 0) is 0 Å². The number of hydrogen-bond donors (Lipinski definition) is 0. The lowest BCUT2D eigenvalue weighted by Gasteiger charge is -2.26. The van der Waals surface area contributed by atoms with Crippen molar-refractivity contribution in [1.82, 2.24) is 4.90 Å². The minimum Gasteiger partial charge on any atom is -0.335 e. The number of carbonyl (C=O) groups excluding carboxylic acids is 1. The zero-order valence-corrected chi connectivity index (χ0v) is 11.4. The fourth-order valence-corrected chi connectivity index (χ4v) is 3.10. The molecular formula is C16H15NOS. The lowest BCUT2D eigenvalue weighted by Crippen LogP contribution is -2.34. The molecule has 3 heteroatoms. The van der Waals surface area contributed by atoms with Crippen LogP contribution in [0.2, 0.25) is 0 Å². The van der Waals surface area contributed by atoms with Gasteiger partial charge < -0.3 is 4.90 Å². The summed E-state index contributed by atoms with van der Waals surface area (Å²) in [6, 6.07) is 13.7. The van der Waals surface area contributed by atoms with Crippen molar-refractivity contribution in [2.45, 2.75) is 6.42 Å². The molecule has 0 unspecified atom stereocenters. The summed E-state index contributed by atoms with van der Waals surface area (Å²) in [6.07, 6.45) is 3.12. The zero-order valence-electron chi connectivity index (χ0n) is 10.6. The predicted octanol–water partition coefficient (Wildman–Crippen LogP) is 3.68. The Balaban J connectivity index is 1.72. The molecule has 0 radical (unpaired) electrons. The fraction of sp³-hybridized carbons (Fsp3) is 0.188. The molecule has 1 aromatic carbocycles. The number of amides is 1. The molecule has 3 rings (SSSR count). The molecule has 0 fully saturated rings. The maximum atomic E-state index is 12.3. The van der Waals surface area contributed by atoms with Crippen molar-refractivity contribution in [3.8, 4) is 0 Å². The number of thiophene rings is 1. The molecular weight excluding hydrogens is 254 g/mol. The van der Waals surface area contributed by atoms with E-state index in [9.17, 15) is 4.79 Å². The van der Waals surface area contributed by atoms with Crippen LogP contribution in [0.5, 0.6) is 0 Å². The van der Waals surface area contributed by atoms with E-state index in [-0.39, 0.29) is 5.91 Å². The fourth-order valence-electron chi connectivity index (χ4n) is 2.30.